The van der Waals surface area contributed by atoms with E-state index in [2.05, 4.69) is 10.4 Å². The van der Waals surface area contributed by atoms with E-state index in [4.69, 9.17) is 0 Å². The van der Waals surface area contributed by atoms with Crippen molar-refractivity contribution in [1.29, 1.82) is 0 Å². The molecule has 22 heavy (non-hydrogen) atoms. The van der Waals surface area contributed by atoms with Gasteiger partial charge in [-0.05, 0) is 31.4 Å². The van der Waals surface area contributed by atoms with Crippen molar-refractivity contribution < 1.29 is 9.90 Å². The molecule has 2 aromatic rings. The zero-order chi connectivity index (χ0) is 15.6. The normalized spacial score (nSPS) is 16.6. The van der Waals surface area contributed by atoms with Gasteiger partial charge in [0.15, 0.2) is 0 Å². The molecule has 0 aliphatic heterocycles. The van der Waals surface area contributed by atoms with E-state index in [0.717, 1.165) is 36.9 Å². The minimum atomic E-state index is -0.457. The van der Waals surface area contributed by atoms with Gasteiger partial charge in [-0.15, -0.1) is 0 Å². The predicted octanol–water partition coefficient (Wildman–Crippen LogP) is 2.22. The molecule has 0 atom stereocenters. The van der Waals surface area contributed by atoms with Crippen LogP contribution in [0.15, 0.2) is 36.7 Å². The Morgan fingerprint density at radius 1 is 1.36 bits per heavy atom. The number of carbonyl (C=O) groups is 1. The lowest BCUT2D eigenvalue weighted by atomic mass is 9.98. The highest BCUT2D eigenvalue weighted by atomic mass is 16.3. The molecular formula is C17H21N3O2. The summed E-state index contributed by atoms with van der Waals surface area (Å²) in [6.45, 7) is 2.00. The van der Waals surface area contributed by atoms with E-state index in [0.29, 0.717) is 5.56 Å². The molecule has 5 heteroatoms. The number of hydrogen-bond donors (Lipinski definition) is 2. The molecule has 0 saturated heterocycles. The van der Waals surface area contributed by atoms with Crippen LogP contribution in [0.2, 0.25) is 0 Å². The molecule has 0 spiro atoms. The lowest BCUT2D eigenvalue weighted by Gasteiger charge is -2.27. The smallest absolute Gasteiger partial charge is 0.254 e. The topological polar surface area (TPSA) is 67.2 Å². The van der Waals surface area contributed by atoms with E-state index >= 15 is 0 Å². The van der Waals surface area contributed by atoms with Gasteiger partial charge in [0, 0.05) is 6.20 Å². The molecule has 0 radical (unpaired) electrons. The van der Waals surface area contributed by atoms with Crippen LogP contribution in [0, 0.1) is 6.92 Å². The lowest BCUT2D eigenvalue weighted by Crippen LogP contribution is -2.49. The monoisotopic (exact) mass is 299 g/mol. The van der Waals surface area contributed by atoms with E-state index in [1.165, 1.54) is 0 Å². The summed E-state index contributed by atoms with van der Waals surface area (Å²) in [7, 11) is 0. The van der Waals surface area contributed by atoms with Crippen LogP contribution in [0.4, 0.5) is 0 Å². The number of aryl methyl sites for hydroxylation is 1. The van der Waals surface area contributed by atoms with E-state index < -0.39 is 5.54 Å². The van der Waals surface area contributed by atoms with Crippen molar-refractivity contribution in [3.63, 3.8) is 0 Å². The van der Waals surface area contributed by atoms with Gasteiger partial charge in [-0.2, -0.15) is 5.10 Å². The van der Waals surface area contributed by atoms with Crippen LogP contribution in [0.25, 0.3) is 5.69 Å². The van der Waals surface area contributed by atoms with Gasteiger partial charge in [-0.3, -0.25) is 4.79 Å². The Morgan fingerprint density at radius 3 is 2.77 bits per heavy atom. The molecule has 2 N–H and O–H groups in total. The van der Waals surface area contributed by atoms with Crippen LogP contribution in [-0.2, 0) is 0 Å². The van der Waals surface area contributed by atoms with Crippen molar-refractivity contribution in [3.05, 3.63) is 47.8 Å². The highest BCUT2D eigenvalue weighted by Crippen LogP contribution is 2.29. The highest BCUT2D eigenvalue weighted by Gasteiger charge is 2.35. The zero-order valence-corrected chi connectivity index (χ0v) is 12.7. The SMILES string of the molecule is Cc1ccccc1-n1cc(C(=O)NC2(CO)CCCC2)cn1. The van der Waals surface area contributed by atoms with Gasteiger partial charge < -0.3 is 10.4 Å². The Balaban J connectivity index is 1.79. The number of carbonyl (C=O) groups excluding carboxylic acids is 1. The lowest BCUT2D eigenvalue weighted by molar-refractivity contribution is 0.0838. The number of benzene rings is 1. The van der Waals surface area contributed by atoms with Gasteiger partial charge in [0.1, 0.15) is 0 Å². The molecule has 1 aromatic carbocycles. The van der Waals surface area contributed by atoms with Gasteiger partial charge in [-0.25, -0.2) is 4.68 Å². The number of para-hydroxylation sites is 1. The van der Waals surface area contributed by atoms with Gasteiger partial charge >= 0.3 is 0 Å². The molecule has 1 aromatic heterocycles. The maximum Gasteiger partial charge on any atom is 0.254 e. The standard InChI is InChI=1S/C17H21N3O2/c1-13-6-2-3-7-15(13)20-11-14(10-18-20)16(22)19-17(12-21)8-4-5-9-17/h2-3,6-7,10-11,21H,4-5,8-9,12H2,1H3,(H,19,22). The van der Waals surface area contributed by atoms with Gasteiger partial charge in [0.05, 0.1) is 29.6 Å². The largest absolute Gasteiger partial charge is 0.394 e. The molecular weight excluding hydrogens is 278 g/mol. The summed E-state index contributed by atoms with van der Waals surface area (Å²) in [5.74, 6) is -0.171. The van der Waals surface area contributed by atoms with Crippen molar-refractivity contribution in [1.82, 2.24) is 15.1 Å². The van der Waals surface area contributed by atoms with E-state index in [9.17, 15) is 9.90 Å². The van der Waals surface area contributed by atoms with Gasteiger partial charge in [-0.1, -0.05) is 31.0 Å². The minimum Gasteiger partial charge on any atom is -0.394 e. The summed E-state index contributed by atoms with van der Waals surface area (Å²) in [4.78, 5) is 12.4. The first-order chi connectivity index (χ1) is 10.6. The fraction of sp³-hybridized carbons (Fsp3) is 0.412. The number of amides is 1. The van der Waals surface area contributed by atoms with E-state index in [1.807, 2.05) is 31.2 Å². The molecule has 1 aliphatic rings. The summed E-state index contributed by atoms with van der Waals surface area (Å²) >= 11 is 0. The van der Waals surface area contributed by atoms with E-state index in [1.54, 1.807) is 17.1 Å². The molecule has 116 valence electrons. The fourth-order valence-electron chi connectivity index (χ4n) is 3.08. The molecule has 3 rings (SSSR count). The van der Waals surface area contributed by atoms with Crippen molar-refractivity contribution in [3.8, 4) is 5.69 Å². The molecule has 0 unspecified atom stereocenters. The van der Waals surface area contributed by atoms with Crippen LogP contribution in [0.5, 0.6) is 0 Å². The van der Waals surface area contributed by atoms with Crippen LogP contribution in [0.3, 0.4) is 0 Å². The molecule has 0 bridgehead atoms. The first kappa shape index (κ1) is 14.8. The van der Waals surface area contributed by atoms with Crippen LogP contribution in [0.1, 0.15) is 41.6 Å². The number of nitrogens with one attached hydrogen (secondary N) is 1. The molecule has 5 nitrogen and oxygen atoms in total. The third-order valence-electron chi connectivity index (χ3n) is 4.45. The Morgan fingerprint density at radius 2 is 2.09 bits per heavy atom. The van der Waals surface area contributed by atoms with Crippen molar-refractivity contribution in [2.75, 3.05) is 6.61 Å². The van der Waals surface area contributed by atoms with Crippen molar-refractivity contribution >= 4 is 5.91 Å². The molecule has 1 heterocycles. The second-order valence-electron chi connectivity index (χ2n) is 6.06. The number of aliphatic hydroxyl groups is 1. The number of aromatic nitrogens is 2. The molecule has 1 amide bonds. The molecule has 1 fully saturated rings. The Labute approximate surface area is 130 Å². The summed E-state index contributed by atoms with van der Waals surface area (Å²) in [5.41, 5.74) is 2.12. The summed E-state index contributed by atoms with van der Waals surface area (Å²) in [6, 6.07) is 7.90. The average molecular weight is 299 g/mol. The predicted molar refractivity (Wildman–Crippen MR) is 84.1 cm³/mol. The number of rotatable bonds is 4. The second kappa shape index (κ2) is 5.93. The first-order valence-corrected chi connectivity index (χ1v) is 7.68. The van der Waals surface area contributed by atoms with Gasteiger partial charge in [0.25, 0.3) is 5.91 Å². The Hall–Kier alpha value is -2.14. The first-order valence-electron chi connectivity index (χ1n) is 7.68. The quantitative estimate of drug-likeness (QED) is 0.909. The maximum absolute atomic E-state index is 12.4. The van der Waals surface area contributed by atoms with Crippen LogP contribution in [-0.4, -0.2) is 32.9 Å². The maximum atomic E-state index is 12.4. The summed E-state index contributed by atoms with van der Waals surface area (Å²) in [6.07, 6.45) is 7.06. The summed E-state index contributed by atoms with van der Waals surface area (Å²) in [5, 5.41) is 16.9. The number of hydrogen-bond acceptors (Lipinski definition) is 3. The molecule has 1 saturated carbocycles. The average Bonchev–Trinajstić information content (AvgIpc) is 3.17. The van der Waals surface area contributed by atoms with Crippen molar-refractivity contribution in [2.24, 2.45) is 0 Å². The molecule has 1 aliphatic carbocycles. The van der Waals surface area contributed by atoms with E-state index in [-0.39, 0.29) is 12.5 Å². The Kier molecular flexibility index (Phi) is 3.98. The van der Waals surface area contributed by atoms with Crippen LogP contribution >= 0.6 is 0 Å². The third kappa shape index (κ3) is 2.76. The highest BCUT2D eigenvalue weighted by molar-refractivity contribution is 5.94. The fourth-order valence-corrected chi connectivity index (χ4v) is 3.08. The van der Waals surface area contributed by atoms with Crippen LogP contribution < -0.4 is 5.32 Å². The Bertz CT molecular complexity index is 672. The zero-order valence-electron chi connectivity index (χ0n) is 12.7. The van der Waals surface area contributed by atoms with Gasteiger partial charge in [0.2, 0.25) is 0 Å². The third-order valence-corrected chi connectivity index (χ3v) is 4.45. The number of nitrogens with zero attached hydrogens (tertiary/aromatic N) is 2. The minimum absolute atomic E-state index is 0.00926. The summed E-state index contributed by atoms with van der Waals surface area (Å²) < 4.78 is 1.71. The second-order valence-corrected chi connectivity index (χ2v) is 6.06. The number of aliphatic hydroxyl groups excluding tert-OH is 1. The van der Waals surface area contributed by atoms with Crippen molar-refractivity contribution in [2.45, 2.75) is 38.1 Å².